The average molecular weight is 490 g/mol. The highest BCUT2D eigenvalue weighted by molar-refractivity contribution is 6.00. The van der Waals surface area contributed by atoms with Crippen LogP contribution in [0.1, 0.15) is 6.42 Å². The van der Waals surface area contributed by atoms with Gasteiger partial charge < -0.3 is 24.2 Å². The maximum Gasteiger partial charge on any atom is 0.231 e. The molecule has 2 aromatic carbocycles. The van der Waals surface area contributed by atoms with Crippen LogP contribution in [0.15, 0.2) is 54.6 Å². The molecule has 2 fully saturated rings. The Balaban J connectivity index is 1.05. The predicted molar refractivity (Wildman–Crippen MR) is 129 cm³/mol. The van der Waals surface area contributed by atoms with E-state index in [0.717, 1.165) is 22.8 Å². The van der Waals surface area contributed by atoms with Gasteiger partial charge in [-0.15, -0.1) is 10.2 Å². The Morgan fingerprint density at radius 3 is 2.44 bits per heavy atom. The van der Waals surface area contributed by atoms with Gasteiger partial charge in [0.15, 0.2) is 17.3 Å². The van der Waals surface area contributed by atoms with Crippen molar-refractivity contribution in [1.29, 1.82) is 0 Å². The first kappa shape index (κ1) is 22.3. The molecule has 0 N–H and O–H groups in total. The topological polar surface area (TPSA) is 88.1 Å². The van der Waals surface area contributed by atoms with E-state index in [2.05, 4.69) is 15.1 Å². The minimum atomic E-state index is -0.394. The first-order chi connectivity index (χ1) is 17.5. The summed E-state index contributed by atoms with van der Waals surface area (Å²) >= 11 is 0. The molecule has 36 heavy (non-hydrogen) atoms. The molecule has 0 bridgehead atoms. The molecule has 0 radical (unpaired) electrons. The van der Waals surface area contributed by atoms with Crippen LogP contribution in [0, 0.1) is 11.7 Å². The standard InChI is InChI=1S/C26H24FN5O4/c27-19-2-4-20(5-3-19)32-15-18(14-25(32)33)26(34)31-11-9-30(10-12-31)24-8-6-21(28-29-24)17-1-7-22-23(13-17)36-16-35-22/h1-8,13,18H,9-12,14-16H2. The zero-order valence-corrected chi connectivity index (χ0v) is 19.5. The highest BCUT2D eigenvalue weighted by Crippen LogP contribution is 2.35. The Bertz CT molecular complexity index is 1290. The molecule has 2 amide bonds. The van der Waals surface area contributed by atoms with E-state index in [-0.39, 0.29) is 30.8 Å². The highest BCUT2D eigenvalue weighted by atomic mass is 19.1. The second kappa shape index (κ2) is 9.10. The fourth-order valence-corrected chi connectivity index (χ4v) is 4.86. The summed E-state index contributed by atoms with van der Waals surface area (Å²) in [6.07, 6.45) is 0.170. The Kier molecular flexibility index (Phi) is 5.63. The van der Waals surface area contributed by atoms with Crippen molar-refractivity contribution >= 4 is 23.3 Å². The van der Waals surface area contributed by atoms with E-state index in [9.17, 15) is 14.0 Å². The Hall–Kier alpha value is -4.21. The normalized spacial score (nSPS) is 19.2. The van der Waals surface area contributed by atoms with Crippen LogP contribution in [-0.2, 0) is 9.59 Å². The molecule has 1 atom stereocenters. The number of aromatic nitrogens is 2. The number of rotatable bonds is 4. The summed E-state index contributed by atoms with van der Waals surface area (Å²) in [6, 6.07) is 15.3. The van der Waals surface area contributed by atoms with E-state index >= 15 is 0 Å². The Morgan fingerprint density at radius 2 is 1.69 bits per heavy atom. The molecular formula is C26H24FN5O4. The lowest BCUT2D eigenvalue weighted by Crippen LogP contribution is -2.51. The molecule has 3 aliphatic heterocycles. The van der Waals surface area contributed by atoms with Crippen molar-refractivity contribution < 1.29 is 23.5 Å². The lowest BCUT2D eigenvalue weighted by Gasteiger charge is -2.36. The molecule has 1 unspecified atom stereocenters. The summed E-state index contributed by atoms with van der Waals surface area (Å²) in [4.78, 5) is 31.1. The lowest BCUT2D eigenvalue weighted by atomic mass is 10.1. The van der Waals surface area contributed by atoms with Gasteiger partial charge in [0.25, 0.3) is 0 Å². The van der Waals surface area contributed by atoms with Crippen molar-refractivity contribution in [2.24, 2.45) is 5.92 Å². The van der Waals surface area contributed by atoms with Gasteiger partial charge in [-0.3, -0.25) is 9.59 Å². The van der Waals surface area contributed by atoms with Crippen LogP contribution >= 0.6 is 0 Å². The van der Waals surface area contributed by atoms with Crippen molar-refractivity contribution in [3.05, 3.63) is 60.4 Å². The highest BCUT2D eigenvalue weighted by Gasteiger charge is 2.38. The third-order valence-electron chi connectivity index (χ3n) is 6.85. The molecule has 9 nitrogen and oxygen atoms in total. The van der Waals surface area contributed by atoms with Gasteiger partial charge in [0, 0.05) is 50.4 Å². The van der Waals surface area contributed by atoms with Gasteiger partial charge in [0.05, 0.1) is 11.6 Å². The average Bonchev–Trinajstić information content (AvgIpc) is 3.55. The largest absolute Gasteiger partial charge is 0.454 e. The molecule has 0 saturated carbocycles. The molecule has 6 rings (SSSR count). The van der Waals surface area contributed by atoms with Gasteiger partial charge in [-0.2, -0.15) is 0 Å². The third kappa shape index (κ3) is 4.19. The number of amides is 2. The van der Waals surface area contributed by atoms with E-state index in [1.54, 1.807) is 17.0 Å². The molecule has 2 saturated heterocycles. The number of benzene rings is 2. The fraction of sp³-hybridized carbons (Fsp3) is 0.308. The maximum atomic E-state index is 13.2. The minimum absolute atomic E-state index is 0.0168. The first-order valence-electron chi connectivity index (χ1n) is 11.9. The molecule has 10 heteroatoms. The van der Waals surface area contributed by atoms with Gasteiger partial charge in [-0.25, -0.2) is 4.39 Å². The van der Waals surface area contributed by atoms with Crippen LogP contribution in [0.2, 0.25) is 0 Å². The number of piperazine rings is 1. The SMILES string of the molecule is O=C(C1CC(=O)N(c2ccc(F)cc2)C1)N1CCN(c2ccc(-c3ccc4c(c3)OCO4)nn2)CC1. The number of hydrogen-bond acceptors (Lipinski definition) is 7. The van der Waals surface area contributed by atoms with E-state index in [4.69, 9.17) is 9.47 Å². The van der Waals surface area contributed by atoms with Crippen molar-refractivity contribution in [2.75, 3.05) is 49.3 Å². The molecule has 4 heterocycles. The first-order valence-corrected chi connectivity index (χ1v) is 11.9. The zero-order valence-electron chi connectivity index (χ0n) is 19.5. The number of hydrogen-bond donors (Lipinski definition) is 0. The van der Waals surface area contributed by atoms with Crippen LogP contribution in [0.3, 0.4) is 0 Å². The fourth-order valence-electron chi connectivity index (χ4n) is 4.86. The van der Waals surface area contributed by atoms with Gasteiger partial charge in [0.2, 0.25) is 18.6 Å². The number of fused-ring (bicyclic) bond motifs is 1. The van der Waals surface area contributed by atoms with E-state index in [1.807, 2.05) is 35.2 Å². The predicted octanol–water partition coefficient (Wildman–Crippen LogP) is 2.71. The third-order valence-corrected chi connectivity index (χ3v) is 6.85. The number of halogens is 1. The summed E-state index contributed by atoms with van der Waals surface area (Å²) in [6.45, 7) is 2.90. The van der Waals surface area contributed by atoms with Gasteiger partial charge in [-0.05, 0) is 54.6 Å². The molecular weight excluding hydrogens is 465 g/mol. The van der Waals surface area contributed by atoms with Crippen LogP contribution in [0.25, 0.3) is 11.3 Å². The minimum Gasteiger partial charge on any atom is -0.454 e. The van der Waals surface area contributed by atoms with Gasteiger partial charge in [0.1, 0.15) is 5.82 Å². The van der Waals surface area contributed by atoms with Crippen molar-refractivity contribution in [3.63, 3.8) is 0 Å². The zero-order chi connectivity index (χ0) is 24.6. The molecule has 1 aromatic heterocycles. The summed E-state index contributed by atoms with van der Waals surface area (Å²) in [7, 11) is 0. The number of carbonyl (C=O) groups is 2. The van der Waals surface area contributed by atoms with E-state index in [1.165, 1.54) is 12.1 Å². The second-order valence-corrected chi connectivity index (χ2v) is 9.04. The molecule has 0 aliphatic carbocycles. The Morgan fingerprint density at radius 1 is 0.917 bits per heavy atom. The molecule has 3 aromatic rings. The molecule has 3 aliphatic rings. The van der Waals surface area contributed by atoms with Gasteiger partial charge in [-0.1, -0.05) is 0 Å². The van der Waals surface area contributed by atoms with Crippen LogP contribution in [0.4, 0.5) is 15.9 Å². The number of ether oxygens (including phenoxy) is 2. The maximum absolute atomic E-state index is 13.2. The van der Waals surface area contributed by atoms with E-state index < -0.39 is 5.92 Å². The van der Waals surface area contributed by atoms with Crippen LogP contribution in [0.5, 0.6) is 11.5 Å². The smallest absolute Gasteiger partial charge is 0.231 e. The monoisotopic (exact) mass is 489 g/mol. The summed E-state index contributed by atoms with van der Waals surface area (Å²) in [5, 5.41) is 8.78. The summed E-state index contributed by atoms with van der Waals surface area (Å²) < 4.78 is 24.0. The number of anilines is 2. The summed E-state index contributed by atoms with van der Waals surface area (Å²) in [5.41, 5.74) is 2.25. The molecule has 0 spiro atoms. The van der Waals surface area contributed by atoms with Crippen molar-refractivity contribution in [1.82, 2.24) is 15.1 Å². The number of carbonyl (C=O) groups excluding carboxylic acids is 2. The van der Waals surface area contributed by atoms with Gasteiger partial charge >= 0.3 is 0 Å². The van der Waals surface area contributed by atoms with E-state index in [0.29, 0.717) is 44.2 Å². The van der Waals surface area contributed by atoms with Crippen LogP contribution < -0.4 is 19.3 Å². The van der Waals surface area contributed by atoms with Crippen molar-refractivity contribution in [3.8, 4) is 22.8 Å². The second-order valence-electron chi connectivity index (χ2n) is 9.04. The quantitative estimate of drug-likeness (QED) is 0.557. The molecule has 184 valence electrons. The Labute approximate surface area is 207 Å². The van der Waals surface area contributed by atoms with Crippen LogP contribution in [-0.4, -0.2) is 66.4 Å². The number of nitrogens with zero attached hydrogens (tertiary/aromatic N) is 5. The summed E-state index contributed by atoms with van der Waals surface area (Å²) in [5.74, 6) is 1.29. The van der Waals surface area contributed by atoms with Crippen molar-refractivity contribution in [2.45, 2.75) is 6.42 Å². The lowest BCUT2D eigenvalue weighted by molar-refractivity contribution is -0.136.